The van der Waals surface area contributed by atoms with Crippen LogP contribution in [-0.4, -0.2) is 79.4 Å². The molecule has 0 radical (unpaired) electrons. The summed E-state index contributed by atoms with van der Waals surface area (Å²) in [7, 11) is 3.18. The molecule has 326 valence electrons. The Morgan fingerprint density at radius 1 is 0.754 bits per heavy atom. The van der Waals surface area contributed by atoms with Crippen LogP contribution in [0, 0.1) is 0 Å². The van der Waals surface area contributed by atoms with Crippen LogP contribution in [0.15, 0.2) is 72.8 Å². The van der Waals surface area contributed by atoms with E-state index in [2.05, 4.69) is 29.4 Å². The highest BCUT2D eigenvalue weighted by Gasteiger charge is 2.27. The number of nitrogens with zero attached hydrogens (tertiary/aromatic N) is 2. The molecule has 0 saturated heterocycles. The summed E-state index contributed by atoms with van der Waals surface area (Å²) in [6.07, 6.45) is 9.13. The number of carbonyl (C=O) groups is 5. The van der Waals surface area contributed by atoms with Gasteiger partial charge in [0.25, 0.3) is 11.8 Å². The van der Waals surface area contributed by atoms with Gasteiger partial charge in [0.2, 0.25) is 5.91 Å². The van der Waals surface area contributed by atoms with E-state index in [1.54, 1.807) is 24.0 Å². The lowest BCUT2D eigenvalue weighted by Gasteiger charge is -2.31. The Labute approximate surface area is 365 Å². The zero-order valence-electron chi connectivity index (χ0n) is 36.5. The number of aryl methyl sites for hydroxylation is 3. The van der Waals surface area contributed by atoms with Gasteiger partial charge >= 0.3 is 11.9 Å². The Balaban J connectivity index is 1.20. The van der Waals surface area contributed by atoms with Gasteiger partial charge in [0, 0.05) is 61.7 Å². The van der Waals surface area contributed by atoms with Gasteiger partial charge in [0.1, 0.15) is 5.00 Å². The normalized spacial score (nSPS) is 12.2. The quantitative estimate of drug-likeness (QED) is 0.0748. The van der Waals surface area contributed by atoms with Crippen LogP contribution < -0.4 is 10.6 Å². The second-order valence-electron chi connectivity index (χ2n) is 15.7. The lowest BCUT2D eigenvalue weighted by Crippen LogP contribution is -2.37. The summed E-state index contributed by atoms with van der Waals surface area (Å²) >= 11 is 1.50. The number of anilines is 2. The van der Waals surface area contributed by atoms with Gasteiger partial charge in [-0.25, -0.2) is 4.79 Å². The molecule has 1 heterocycles. The number of hydrogen-bond acceptors (Lipinski definition) is 9. The molecule has 12 heteroatoms. The number of rotatable bonds is 22. The van der Waals surface area contributed by atoms with Gasteiger partial charge in [-0.05, 0) is 130 Å². The van der Waals surface area contributed by atoms with E-state index < -0.39 is 0 Å². The van der Waals surface area contributed by atoms with E-state index in [1.807, 2.05) is 67.7 Å². The highest BCUT2D eigenvalue weighted by molar-refractivity contribution is 7.17. The Morgan fingerprint density at radius 3 is 2.11 bits per heavy atom. The van der Waals surface area contributed by atoms with Gasteiger partial charge in [0.15, 0.2) is 0 Å². The molecule has 0 bridgehead atoms. The maximum atomic E-state index is 14.0. The first kappa shape index (κ1) is 46.7. The molecule has 0 atom stereocenters. The van der Waals surface area contributed by atoms with E-state index in [-0.39, 0.29) is 36.1 Å². The Morgan fingerprint density at radius 2 is 1.44 bits per heavy atom. The Kier molecular flexibility index (Phi) is 18.1. The van der Waals surface area contributed by atoms with E-state index in [0.717, 1.165) is 91.5 Å². The first-order valence-electron chi connectivity index (χ1n) is 21.8. The summed E-state index contributed by atoms with van der Waals surface area (Å²) in [6, 6.07) is 23.3. The van der Waals surface area contributed by atoms with Crippen LogP contribution >= 0.6 is 11.3 Å². The van der Waals surface area contributed by atoms with Crippen LogP contribution in [0.25, 0.3) is 0 Å². The van der Waals surface area contributed by atoms with E-state index in [0.29, 0.717) is 66.0 Å². The molecule has 0 unspecified atom stereocenters. The topological polar surface area (TPSA) is 134 Å². The molecule has 0 saturated carbocycles. The molecular formula is C49H62N4O7S. The van der Waals surface area contributed by atoms with E-state index in [4.69, 9.17) is 9.47 Å². The number of ether oxygens (including phenoxy) is 2. The minimum Gasteiger partial charge on any atom is -0.466 e. The van der Waals surface area contributed by atoms with Gasteiger partial charge in [0.05, 0.1) is 24.8 Å². The average Bonchev–Trinajstić information content (AvgIpc) is 3.64. The minimum absolute atomic E-state index is 0.0216. The lowest BCUT2D eigenvalue weighted by atomic mass is 9.95. The molecule has 3 aromatic carbocycles. The average molecular weight is 851 g/mol. The van der Waals surface area contributed by atoms with Crippen molar-refractivity contribution in [2.75, 3.05) is 44.5 Å². The maximum Gasteiger partial charge on any atom is 0.337 e. The number of benzene rings is 3. The second kappa shape index (κ2) is 23.6. The van der Waals surface area contributed by atoms with Crippen molar-refractivity contribution in [2.45, 2.75) is 110 Å². The SMILES string of the molecule is CCOC(=O)CCCC(=O)N(C)CCCN(Cc1cccc(C(=O)Nc2sc3c(c2C(=O)Nc2ccc(CCc4ccc(C(=O)OC)cc4)cc2)CCCC3)c1)C(CC)CC. The van der Waals surface area contributed by atoms with Crippen molar-refractivity contribution in [1.29, 1.82) is 0 Å². The number of carbonyl (C=O) groups excluding carboxylic acids is 5. The van der Waals surface area contributed by atoms with Gasteiger partial charge < -0.3 is 25.0 Å². The fraction of sp³-hybridized carbons (Fsp3) is 0.449. The van der Waals surface area contributed by atoms with Gasteiger partial charge in [-0.1, -0.05) is 50.2 Å². The predicted molar refractivity (Wildman–Crippen MR) is 242 cm³/mol. The third-order valence-electron chi connectivity index (χ3n) is 11.4. The number of nitrogens with one attached hydrogen (secondary N) is 2. The standard InChI is InChI=1S/C49H62N4O7S/c1-6-40(7-2)53(31-13-30-52(4)43(54)18-12-19-44(55)60-8-3)33-36-14-11-15-38(32-36)46(56)51-48-45(41-16-9-10-17-42(41)61-48)47(57)50-39-28-24-35(25-29-39)21-20-34-22-26-37(27-23-34)49(58)59-5/h11,14-15,22-29,32,40H,6-10,12-13,16-21,30-31,33H2,1-5H3,(H,50,57)(H,51,56). The van der Waals surface area contributed by atoms with Crippen molar-refractivity contribution in [3.63, 3.8) is 0 Å². The number of amides is 3. The summed E-state index contributed by atoms with van der Waals surface area (Å²) in [5, 5.41) is 6.81. The summed E-state index contributed by atoms with van der Waals surface area (Å²) in [5.74, 6) is -1.09. The molecule has 5 rings (SSSR count). The van der Waals surface area contributed by atoms with Crippen LogP contribution in [-0.2, 0) is 51.3 Å². The Hall–Kier alpha value is -5.33. The molecule has 1 aromatic heterocycles. The third kappa shape index (κ3) is 13.6. The van der Waals surface area contributed by atoms with Crippen molar-refractivity contribution in [3.8, 4) is 0 Å². The smallest absolute Gasteiger partial charge is 0.337 e. The zero-order valence-corrected chi connectivity index (χ0v) is 37.3. The van der Waals surface area contributed by atoms with Crippen molar-refractivity contribution < 1.29 is 33.4 Å². The molecule has 1 aliphatic carbocycles. The predicted octanol–water partition coefficient (Wildman–Crippen LogP) is 9.28. The molecule has 0 spiro atoms. The summed E-state index contributed by atoms with van der Waals surface area (Å²) in [5.41, 5.74) is 6.57. The van der Waals surface area contributed by atoms with Crippen molar-refractivity contribution in [1.82, 2.24) is 9.80 Å². The zero-order chi connectivity index (χ0) is 43.7. The van der Waals surface area contributed by atoms with E-state index in [9.17, 15) is 24.0 Å². The van der Waals surface area contributed by atoms with E-state index >= 15 is 0 Å². The second-order valence-corrected chi connectivity index (χ2v) is 16.8. The highest BCUT2D eigenvalue weighted by Crippen LogP contribution is 2.39. The fourth-order valence-corrected chi connectivity index (χ4v) is 9.20. The summed E-state index contributed by atoms with van der Waals surface area (Å²) in [6.45, 7) is 8.55. The number of thiophene rings is 1. The molecule has 1 aliphatic rings. The van der Waals surface area contributed by atoms with Crippen molar-refractivity contribution >= 4 is 51.7 Å². The van der Waals surface area contributed by atoms with Gasteiger partial charge in [-0.15, -0.1) is 11.3 Å². The minimum atomic E-state index is -0.353. The first-order chi connectivity index (χ1) is 29.5. The van der Waals surface area contributed by atoms with Crippen molar-refractivity contribution in [2.24, 2.45) is 0 Å². The van der Waals surface area contributed by atoms with Crippen LogP contribution in [0.2, 0.25) is 0 Å². The molecule has 2 N–H and O–H groups in total. The molecule has 0 aliphatic heterocycles. The molecule has 11 nitrogen and oxygen atoms in total. The summed E-state index contributed by atoms with van der Waals surface area (Å²) in [4.78, 5) is 69.4. The lowest BCUT2D eigenvalue weighted by molar-refractivity contribution is -0.143. The van der Waals surface area contributed by atoms with E-state index in [1.165, 1.54) is 18.4 Å². The number of hydrogen-bond donors (Lipinski definition) is 2. The van der Waals surface area contributed by atoms with Crippen LogP contribution in [0.5, 0.6) is 0 Å². The molecular weight excluding hydrogens is 789 g/mol. The maximum absolute atomic E-state index is 14.0. The summed E-state index contributed by atoms with van der Waals surface area (Å²) < 4.78 is 9.77. The molecule has 61 heavy (non-hydrogen) atoms. The monoisotopic (exact) mass is 850 g/mol. The van der Waals surface area contributed by atoms with Crippen LogP contribution in [0.1, 0.15) is 130 Å². The first-order valence-corrected chi connectivity index (χ1v) is 22.6. The molecule has 0 fully saturated rings. The molecule has 4 aromatic rings. The fourth-order valence-electron chi connectivity index (χ4n) is 7.92. The third-order valence-corrected chi connectivity index (χ3v) is 12.6. The van der Waals surface area contributed by atoms with Crippen LogP contribution in [0.3, 0.4) is 0 Å². The van der Waals surface area contributed by atoms with Crippen molar-refractivity contribution in [3.05, 3.63) is 117 Å². The van der Waals surface area contributed by atoms with Crippen LogP contribution in [0.4, 0.5) is 10.7 Å². The van der Waals surface area contributed by atoms with Gasteiger partial charge in [-0.2, -0.15) is 0 Å². The highest BCUT2D eigenvalue weighted by atomic mass is 32.1. The largest absolute Gasteiger partial charge is 0.466 e. The van der Waals surface area contributed by atoms with Gasteiger partial charge in [-0.3, -0.25) is 24.1 Å². The number of methoxy groups -OCH3 is 1. The Bertz CT molecular complexity index is 2090. The molecule has 3 amide bonds. The number of esters is 2. The number of fused-ring (bicyclic) bond motifs is 1.